The minimum absolute atomic E-state index is 0.121. The van der Waals surface area contributed by atoms with Gasteiger partial charge in [-0.2, -0.15) is 0 Å². The fourth-order valence-electron chi connectivity index (χ4n) is 1.64. The topological polar surface area (TPSA) is 35.5 Å². The van der Waals surface area contributed by atoms with Crippen LogP contribution >= 0.6 is 0 Å². The van der Waals surface area contributed by atoms with Crippen molar-refractivity contribution in [3.8, 4) is 0 Å². The molecule has 16 heavy (non-hydrogen) atoms. The smallest absolute Gasteiger partial charge is 0.333 e. The minimum atomic E-state index is -0.311. The van der Waals surface area contributed by atoms with Gasteiger partial charge in [-0.1, -0.05) is 12.7 Å². The Morgan fingerprint density at radius 1 is 1.62 bits per heavy atom. The van der Waals surface area contributed by atoms with Gasteiger partial charge >= 0.3 is 5.97 Å². The summed E-state index contributed by atoms with van der Waals surface area (Å²) in [5, 5.41) is 0. The summed E-state index contributed by atoms with van der Waals surface area (Å²) in [6.07, 6.45) is 4.99. The molecule has 1 aliphatic carbocycles. The Morgan fingerprint density at radius 2 is 2.38 bits per heavy atom. The minimum Gasteiger partial charge on any atom is -0.454 e. The van der Waals surface area contributed by atoms with Crippen molar-refractivity contribution in [2.24, 2.45) is 0 Å². The van der Waals surface area contributed by atoms with Gasteiger partial charge < -0.3 is 9.47 Å². The summed E-state index contributed by atoms with van der Waals surface area (Å²) < 4.78 is 10.7. The molecule has 0 aromatic carbocycles. The first kappa shape index (κ1) is 13.0. The largest absolute Gasteiger partial charge is 0.454 e. The number of allylic oxidation sites excluding steroid dienone is 1. The number of rotatable bonds is 5. The molecule has 0 saturated carbocycles. The average molecular weight is 224 g/mol. The number of hydrogen-bond donors (Lipinski definition) is 0. The van der Waals surface area contributed by atoms with Gasteiger partial charge in [-0.3, -0.25) is 0 Å². The van der Waals surface area contributed by atoms with Gasteiger partial charge in [0.25, 0.3) is 0 Å². The summed E-state index contributed by atoms with van der Waals surface area (Å²) in [7, 11) is 0. The molecule has 0 amide bonds. The van der Waals surface area contributed by atoms with Gasteiger partial charge in [-0.25, -0.2) is 4.79 Å². The predicted molar refractivity (Wildman–Crippen MR) is 63.1 cm³/mol. The van der Waals surface area contributed by atoms with Crippen LogP contribution < -0.4 is 0 Å². The molecule has 0 aliphatic heterocycles. The second kappa shape index (κ2) is 6.48. The fourth-order valence-corrected chi connectivity index (χ4v) is 1.64. The standard InChI is InChI=1S/C13H20O3/c1-4-15-9-11-7-5-6-8-12(11)16-13(14)10(2)3/h7,12H,2,4-6,8-9H2,1,3H3. The van der Waals surface area contributed by atoms with E-state index in [2.05, 4.69) is 12.7 Å². The van der Waals surface area contributed by atoms with Crippen LogP contribution in [0.1, 0.15) is 33.1 Å². The molecule has 0 fully saturated rings. The highest BCUT2D eigenvalue weighted by molar-refractivity contribution is 5.87. The molecule has 0 bridgehead atoms. The number of hydrogen-bond acceptors (Lipinski definition) is 3. The molecule has 3 heteroatoms. The summed E-state index contributed by atoms with van der Waals surface area (Å²) in [5.41, 5.74) is 1.53. The van der Waals surface area contributed by atoms with Crippen LogP contribution in [0.25, 0.3) is 0 Å². The highest BCUT2D eigenvalue weighted by atomic mass is 16.5. The highest BCUT2D eigenvalue weighted by Crippen LogP contribution is 2.22. The molecule has 0 heterocycles. The van der Waals surface area contributed by atoms with Crippen molar-refractivity contribution in [3.63, 3.8) is 0 Å². The van der Waals surface area contributed by atoms with E-state index in [4.69, 9.17) is 9.47 Å². The first-order chi connectivity index (χ1) is 7.65. The second-order valence-electron chi connectivity index (χ2n) is 4.02. The lowest BCUT2D eigenvalue weighted by atomic mass is 9.97. The molecule has 3 nitrogen and oxygen atoms in total. The maximum absolute atomic E-state index is 11.4. The first-order valence-electron chi connectivity index (χ1n) is 5.78. The maximum Gasteiger partial charge on any atom is 0.333 e. The van der Waals surface area contributed by atoms with E-state index in [0.29, 0.717) is 18.8 Å². The Balaban J connectivity index is 2.55. The summed E-state index contributed by atoms with van der Waals surface area (Å²) in [5.74, 6) is -0.311. The molecular weight excluding hydrogens is 204 g/mol. The van der Waals surface area contributed by atoms with Crippen LogP contribution in [0, 0.1) is 0 Å². The molecular formula is C13H20O3. The van der Waals surface area contributed by atoms with E-state index in [9.17, 15) is 4.79 Å². The van der Waals surface area contributed by atoms with Crippen molar-refractivity contribution in [2.75, 3.05) is 13.2 Å². The van der Waals surface area contributed by atoms with Crippen molar-refractivity contribution in [2.45, 2.75) is 39.2 Å². The third kappa shape index (κ3) is 3.81. The van der Waals surface area contributed by atoms with Crippen molar-refractivity contribution in [1.29, 1.82) is 0 Å². The zero-order valence-corrected chi connectivity index (χ0v) is 10.1. The number of carbonyl (C=O) groups excluding carboxylic acids is 1. The lowest BCUT2D eigenvalue weighted by Crippen LogP contribution is -2.25. The van der Waals surface area contributed by atoms with Gasteiger partial charge in [0.2, 0.25) is 0 Å². The monoisotopic (exact) mass is 224 g/mol. The Morgan fingerprint density at radius 3 is 3.00 bits per heavy atom. The van der Waals surface area contributed by atoms with Gasteiger partial charge in [0.15, 0.2) is 0 Å². The second-order valence-corrected chi connectivity index (χ2v) is 4.02. The molecule has 0 spiro atoms. The van der Waals surface area contributed by atoms with Crippen LogP contribution in [0.4, 0.5) is 0 Å². The van der Waals surface area contributed by atoms with Gasteiger partial charge in [0.1, 0.15) is 6.10 Å². The Hall–Kier alpha value is -1.09. The van der Waals surface area contributed by atoms with Crippen LogP contribution in [-0.2, 0) is 14.3 Å². The van der Waals surface area contributed by atoms with Gasteiger partial charge in [-0.05, 0) is 38.7 Å². The van der Waals surface area contributed by atoms with E-state index in [0.717, 1.165) is 24.8 Å². The molecule has 90 valence electrons. The van der Waals surface area contributed by atoms with E-state index in [1.807, 2.05) is 6.92 Å². The molecule has 0 N–H and O–H groups in total. The molecule has 1 atom stereocenters. The van der Waals surface area contributed by atoms with Crippen LogP contribution in [0.3, 0.4) is 0 Å². The highest BCUT2D eigenvalue weighted by Gasteiger charge is 2.21. The van der Waals surface area contributed by atoms with Crippen molar-refractivity contribution in [3.05, 3.63) is 23.8 Å². The zero-order valence-electron chi connectivity index (χ0n) is 10.1. The number of ether oxygens (including phenoxy) is 2. The maximum atomic E-state index is 11.4. The molecule has 1 rings (SSSR count). The fraction of sp³-hybridized carbons (Fsp3) is 0.615. The lowest BCUT2D eigenvalue weighted by Gasteiger charge is -2.24. The summed E-state index contributed by atoms with van der Waals surface area (Å²) >= 11 is 0. The van der Waals surface area contributed by atoms with Crippen molar-refractivity contribution < 1.29 is 14.3 Å². The lowest BCUT2D eigenvalue weighted by molar-refractivity contribution is -0.143. The van der Waals surface area contributed by atoms with Crippen LogP contribution in [-0.4, -0.2) is 25.3 Å². The van der Waals surface area contributed by atoms with Gasteiger partial charge in [-0.15, -0.1) is 0 Å². The summed E-state index contributed by atoms with van der Waals surface area (Å²) in [4.78, 5) is 11.4. The van der Waals surface area contributed by atoms with Crippen molar-refractivity contribution in [1.82, 2.24) is 0 Å². The number of esters is 1. The molecule has 0 aromatic heterocycles. The third-order valence-electron chi connectivity index (χ3n) is 2.56. The van der Waals surface area contributed by atoms with E-state index in [1.54, 1.807) is 6.92 Å². The van der Waals surface area contributed by atoms with Crippen LogP contribution in [0.15, 0.2) is 23.8 Å². The Kier molecular flexibility index (Phi) is 5.26. The van der Waals surface area contributed by atoms with E-state index in [-0.39, 0.29) is 12.1 Å². The Labute approximate surface area is 97.1 Å². The summed E-state index contributed by atoms with van der Waals surface area (Å²) in [6.45, 7) is 8.44. The van der Waals surface area contributed by atoms with Crippen LogP contribution in [0.5, 0.6) is 0 Å². The molecule has 1 unspecified atom stereocenters. The van der Waals surface area contributed by atoms with E-state index in [1.165, 1.54) is 0 Å². The van der Waals surface area contributed by atoms with Crippen molar-refractivity contribution >= 4 is 5.97 Å². The first-order valence-corrected chi connectivity index (χ1v) is 5.78. The Bertz CT molecular complexity index is 292. The third-order valence-corrected chi connectivity index (χ3v) is 2.56. The predicted octanol–water partition coefficient (Wildman–Crippen LogP) is 2.62. The van der Waals surface area contributed by atoms with Crippen LogP contribution in [0.2, 0.25) is 0 Å². The van der Waals surface area contributed by atoms with E-state index >= 15 is 0 Å². The quantitative estimate of drug-likeness (QED) is 0.409. The SMILES string of the molecule is C=C(C)C(=O)OC1CCCC=C1COCC. The summed E-state index contributed by atoms with van der Waals surface area (Å²) in [6, 6.07) is 0. The van der Waals surface area contributed by atoms with Gasteiger partial charge in [0, 0.05) is 12.2 Å². The molecule has 0 radical (unpaired) electrons. The normalized spacial score (nSPS) is 20.1. The van der Waals surface area contributed by atoms with Gasteiger partial charge in [0.05, 0.1) is 6.61 Å². The zero-order chi connectivity index (χ0) is 12.0. The number of carbonyl (C=O) groups is 1. The molecule has 0 saturated heterocycles. The molecule has 0 aromatic rings. The molecule has 1 aliphatic rings. The average Bonchev–Trinajstić information content (AvgIpc) is 2.27. The van der Waals surface area contributed by atoms with E-state index < -0.39 is 0 Å².